The van der Waals surface area contributed by atoms with Crippen LogP contribution in [0.1, 0.15) is 34.0 Å². The van der Waals surface area contributed by atoms with E-state index in [1.165, 1.54) is 6.92 Å². The Balaban J connectivity index is 1.45. The lowest BCUT2D eigenvalue weighted by molar-refractivity contribution is -0.283. The third kappa shape index (κ3) is 8.84. The molecule has 4 aromatic rings. The largest absolute Gasteiger partial charge is 0.453 e. The van der Waals surface area contributed by atoms with E-state index in [2.05, 4.69) is 5.32 Å². The van der Waals surface area contributed by atoms with Crippen LogP contribution in [0.25, 0.3) is 0 Å². The Morgan fingerprint density at radius 2 is 1.16 bits per heavy atom. The van der Waals surface area contributed by atoms with Crippen molar-refractivity contribution < 1.29 is 33.3 Å². The lowest BCUT2D eigenvalue weighted by Gasteiger charge is -2.45. The van der Waals surface area contributed by atoms with Gasteiger partial charge in [-0.05, 0) is 28.8 Å². The second-order valence-corrected chi connectivity index (χ2v) is 10.6. The molecule has 0 radical (unpaired) electrons. The van der Waals surface area contributed by atoms with E-state index in [1.807, 2.05) is 97.1 Å². The molecule has 1 amide bonds. The number of esters is 1. The first-order valence-electron chi connectivity index (χ1n) is 14.7. The molecule has 0 spiro atoms. The summed E-state index contributed by atoms with van der Waals surface area (Å²) in [5, 5.41) is 2.95. The molecule has 8 heteroatoms. The number of ether oxygens (including phenoxy) is 5. The highest BCUT2D eigenvalue weighted by atomic mass is 16.7. The van der Waals surface area contributed by atoms with Crippen LogP contribution in [-0.2, 0) is 48.3 Å². The molecule has 0 saturated carbocycles. The topological polar surface area (TPSA) is 92.3 Å². The van der Waals surface area contributed by atoms with Crippen LogP contribution in [-0.4, -0.2) is 49.1 Å². The molecule has 1 N–H and O–H groups in total. The summed E-state index contributed by atoms with van der Waals surface area (Å²) in [6.45, 7) is 2.29. The summed E-state index contributed by atoms with van der Waals surface area (Å²) in [7, 11) is 0. The smallest absolute Gasteiger partial charge is 0.338 e. The second kappa shape index (κ2) is 15.9. The van der Waals surface area contributed by atoms with Crippen LogP contribution in [0.4, 0.5) is 0 Å². The van der Waals surface area contributed by atoms with Crippen LogP contribution >= 0.6 is 0 Å². The lowest BCUT2D eigenvalue weighted by Crippen LogP contribution is -2.66. The Hall–Kier alpha value is -4.34. The van der Waals surface area contributed by atoms with Crippen molar-refractivity contribution in [3.63, 3.8) is 0 Å². The van der Waals surface area contributed by atoms with Crippen LogP contribution in [0.3, 0.4) is 0 Å². The van der Waals surface area contributed by atoms with Crippen LogP contribution in [0, 0.1) is 0 Å². The van der Waals surface area contributed by atoms with E-state index in [0.29, 0.717) is 12.2 Å². The number of hydrogen-bond acceptors (Lipinski definition) is 7. The Morgan fingerprint density at radius 3 is 1.70 bits per heavy atom. The molecule has 1 aliphatic rings. The molecule has 0 bridgehead atoms. The lowest BCUT2D eigenvalue weighted by atomic mass is 9.95. The van der Waals surface area contributed by atoms with Crippen molar-refractivity contribution in [1.82, 2.24) is 5.32 Å². The number of benzene rings is 4. The van der Waals surface area contributed by atoms with Gasteiger partial charge < -0.3 is 29.0 Å². The van der Waals surface area contributed by atoms with E-state index in [9.17, 15) is 9.59 Å². The first-order valence-corrected chi connectivity index (χ1v) is 14.7. The fourth-order valence-corrected chi connectivity index (χ4v) is 5.06. The van der Waals surface area contributed by atoms with Crippen molar-refractivity contribution in [3.05, 3.63) is 144 Å². The second-order valence-electron chi connectivity index (χ2n) is 10.6. The van der Waals surface area contributed by atoms with Gasteiger partial charge in [0.1, 0.15) is 18.2 Å². The first kappa shape index (κ1) is 31.1. The Morgan fingerprint density at radius 1 is 0.659 bits per heavy atom. The standard InChI is InChI=1S/C36H37NO7/c1-26(38)37-32-34(41-23-28-16-8-3-9-17-28)33(44-35(39)30-20-12-5-13-21-30)31(25-40-22-27-14-6-2-7-15-27)43-36(32)42-24-29-18-10-4-11-19-29/h2-21,31-34,36H,22-25H2,1H3,(H,37,38)/t31-,32-,33+,34-,36+/m1/s1. The summed E-state index contributed by atoms with van der Waals surface area (Å²) in [5.74, 6) is -0.835. The summed E-state index contributed by atoms with van der Waals surface area (Å²) in [6, 6.07) is 37.1. The van der Waals surface area contributed by atoms with Gasteiger partial charge in [0, 0.05) is 6.92 Å². The number of carbonyl (C=O) groups excluding carboxylic acids is 2. The zero-order valence-electron chi connectivity index (χ0n) is 24.6. The predicted octanol–water partition coefficient (Wildman–Crippen LogP) is 5.46. The van der Waals surface area contributed by atoms with Crippen LogP contribution in [0.2, 0.25) is 0 Å². The van der Waals surface area contributed by atoms with Gasteiger partial charge in [0.05, 0.1) is 32.0 Å². The summed E-state index contributed by atoms with van der Waals surface area (Å²) in [6.07, 6.45) is -3.45. The SMILES string of the molecule is CC(=O)N[C@H]1[C@@H](OCc2ccccc2)O[C@H](COCc2ccccc2)[C@H](OC(=O)c2ccccc2)[C@@H]1OCc1ccccc1. The minimum Gasteiger partial charge on any atom is -0.453 e. The summed E-state index contributed by atoms with van der Waals surface area (Å²) >= 11 is 0. The Labute approximate surface area is 257 Å². The molecule has 1 saturated heterocycles. The molecular weight excluding hydrogens is 558 g/mol. The minimum absolute atomic E-state index is 0.0881. The Kier molecular flexibility index (Phi) is 11.3. The molecule has 0 unspecified atom stereocenters. The average molecular weight is 596 g/mol. The van der Waals surface area contributed by atoms with E-state index in [-0.39, 0.29) is 25.7 Å². The molecule has 0 aromatic heterocycles. The van der Waals surface area contributed by atoms with Gasteiger partial charge >= 0.3 is 5.97 Å². The fraction of sp³-hybridized carbons (Fsp3) is 0.278. The van der Waals surface area contributed by atoms with Gasteiger partial charge in [-0.1, -0.05) is 109 Å². The van der Waals surface area contributed by atoms with E-state index in [1.54, 1.807) is 24.3 Å². The van der Waals surface area contributed by atoms with Crippen molar-refractivity contribution in [2.75, 3.05) is 6.61 Å². The maximum absolute atomic E-state index is 13.4. The number of rotatable bonds is 13. The highest BCUT2D eigenvalue weighted by molar-refractivity contribution is 5.89. The van der Waals surface area contributed by atoms with Gasteiger partial charge in [0.25, 0.3) is 0 Å². The van der Waals surface area contributed by atoms with Gasteiger partial charge in [0.15, 0.2) is 12.4 Å². The van der Waals surface area contributed by atoms with Crippen molar-refractivity contribution in [1.29, 1.82) is 0 Å². The molecule has 5 atom stereocenters. The summed E-state index contributed by atoms with van der Waals surface area (Å²) in [5.41, 5.74) is 3.24. The zero-order chi connectivity index (χ0) is 30.6. The van der Waals surface area contributed by atoms with Crippen LogP contribution in [0.5, 0.6) is 0 Å². The molecule has 1 heterocycles. The van der Waals surface area contributed by atoms with Gasteiger partial charge in [-0.3, -0.25) is 4.79 Å². The molecule has 4 aromatic carbocycles. The molecule has 5 rings (SSSR count). The van der Waals surface area contributed by atoms with Gasteiger partial charge in [-0.15, -0.1) is 0 Å². The summed E-state index contributed by atoms with van der Waals surface area (Å²) < 4.78 is 31.5. The van der Waals surface area contributed by atoms with E-state index in [0.717, 1.165) is 16.7 Å². The highest BCUT2D eigenvalue weighted by Gasteiger charge is 2.50. The number of nitrogens with one attached hydrogen (secondary N) is 1. The molecule has 8 nitrogen and oxygen atoms in total. The van der Waals surface area contributed by atoms with Crippen molar-refractivity contribution >= 4 is 11.9 Å². The highest BCUT2D eigenvalue weighted by Crippen LogP contribution is 2.30. The molecule has 228 valence electrons. The van der Waals surface area contributed by atoms with Crippen LogP contribution in [0.15, 0.2) is 121 Å². The third-order valence-electron chi connectivity index (χ3n) is 7.20. The maximum Gasteiger partial charge on any atom is 0.338 e. The molecule has 1 aliphatic heterocycles. The molecule has 0 aliphatic carbocycles. The monoisotopic (exact) mass is 595 g/mol. The van der Waals surface area contributed by atoms with Crippen molar-refractivity contribution in [3.8, 4) is 0 Å². The maximum atomic E-state index is 13.4. The Bertz CT molecular complexity index is 1440. The minimum atomic E-state index is -0.935. The first-order chi connectivity index (χ1) is 21.6. The van der Waals surface area contributed by atoms with Crippen molar-refractivity contribution in [2.45, 2.75) is 57.4 Å². The number of hydrogen-bond donors (Lipinski definition) is 1. The molecule has 1 fully saturated rings. The van der Waals surface area contributed by atoms with Crippen LogP contribution < -0.4 is 5.32 Å². The quantitative estimate of drug-likeness (QED) is 0.205. The number of amides is 1. The predicted molar refractivity (Wildman–Crippen MR) is 164 cm³/mol. The van der Waals surface area contributed by atoms with Gasteiger partial charge in [-0.25, -0.2) is 4.79 Å². The average Bonchev–Trinajstić information content (AvgIpc) is 3.06. The molecular formula is C36H37NO7. The molecule has 44 heavy (non-hydrogen) atoms. The zero-order valence-corrected chi connectivity index (χ0v) is 24.6. The summed E-state index contributed by atoms with van der Waals surface area (Å²) in [4.78, 5) is 25.9. The van der Waals surface area contributed by atoms with E-state index < -0.39 is 36.6 Å². The number of carbonyl (C=O) groups is 2. The fourth-order valence-electron chi connectivity index (χ4n) is 5.06. The normalized spacial score (nSPS) is 21.3. The third-order valence-corrected chi connectivity index (χ3v) is 7.20. The van der Waals surface area contributed by atoms with E-state index >= 15 is 0 Å². The van der Waals surface area contributed by atoms with Gasteiger partial charge in [-0.2, -0.15) is 0 Å². The van der Waals surface area contributed by atoms with Crippen molar-refractivity contribution in [2.24, 2.45) is 0 Å². The van der Waals surface area contributed by atoms with E-state index in [4.69, 9.17) is 23.7 Å². The van der Waals surface area contributed by atoms with Gasteiger partial charge in [0.2, 0.25) is 5.91 Å².